The van der Waals surface area contributed by atoms with Gasteiger partial charge in [-0.3, -0.25) is 0 Å². The second kappa shape index (κ2) is 18.2. The Bertz CT molecular complexity index is 1700. The molecule has 0 atom stereocenters. The van der Waals surface area contributed by atoms with E-state index in [0.717, 1.165) is 61.1 Å². The Hall–Kier alpha value is -4.69. The molecule has 0 heterocycles. The predicted octanol–water partition coefficient (Wildman–Crippen LogP) is 9.57. The zero-order chi connectivity index (χ0) is 33.4. The summed E-state index contributed by atoms with van der Waals surface area (Å²) in [5.41, 5.74) is 3.43. The molecule has 0 fully saturated rings. The van der Waals surface area contributed by atoms with E-state index in [1.807, 2.05) is 42.5 Å². The van der Waals surface area contributed by atoms with Gasteiger partial charge in [-0.2, -0.15) is 0 Å². The smallest absolute Gasteiger partial charge is 0.161 e. The average Bonchev–Trinajstić information content (AvgIpc) is 3.18. The number of hydrogen-bond donors (Lipinski definition) is 0. The van der Waals surface area contributed by atoms with E-state index in [4.69, 9.17) is 14.2 Å². The van der Waals surface area contributed by atoms with Crippen LogP contribution >= 0.6 is 7.26 Å². The van der Waals surface area contributed by atoms with Gasteiger partial charge in [0.2, 0.25) is 0 Å². The predicted molar refractivity (Wildman–Crippen MR) is 206 cm³/mol. The Labute approximate surface area is 292 Å². The van der Waals surface area contributed by atoms with Gasteiger partial charge in [-0.05, 0) is 90.9 Å². The second-order valence-electron chi connectivity index (χ2n) is 12.3. The molecule has 0 saturated carbocycles. The molecule has 0 spiro atoms. The van der Waals surface area contributed by atoms with Crippen LogP contribution in [-0.2, 0) is 24.4 Å². The highest BCUT2D eigenvalue weighted by Gasteiger charge is 2.44. The summed E-state index contributed by atoms with van der Waals surface area (Å²) in [6.45, 7) is 2.43. The van der Waals surface area contributed by atoms with Gasteiger partial charge in [0.15, 0.2) is 11.5 Å². The first-order valence-electron chi connectivity index (χ1n) is 17.4. The van der Waals surface area contributed by atoms with Crippen molar-refractivity contribution in [1.82, 2.24) is 0 Å². The van der Waals surface area contributed by atoms with E-state index >= 15 is 0 Å². The number of benzene rings is 6. The van der Waals surface area contributed by atoms with E-state index in [2.05, 4.69) is 127 Å². The van der Waals surface area contributed by atoms with Crippen molar-refractivity contribution in [2.75, 3.05) is 19.4 Å². The molecule has 6 rings (SSSR count). The normalized spacial score (nSPS) is 11.3. The van der Waals surface area contributed by atoms with Crippen LogP contribution in [0.4, 0.5) is 0 Å². The molecule has 49 heavy (non-hydrogen) atoms. The van der Waals surface area contributed by atoms with Gasteiger partial charge in [-0.1, -0.05) is 121 Å². The summed E-state index contributed by atoms with van der Waals surface area (Å²) in [6, 6.07) is 60.2. The Morgan fingerprint density at radius 3 is 1.37 bits per heavy atom. The molecular formula is C45H46O3P+. The molecule has 0 radical (unpaired) electrons. The maximum absolute atomic E-state index is 6.28. The van der Waals surface area contributed by atoms with E-state index in [-0.39, 0.29) is 0 Å². The Morgan fingerprint density at radius 1 is 0.388 bits per heavy atom. The molecule has 6 aromatic carbocycles. The Kier molecular flexibility index (Phi) is 12.7. The topological polar surface area (TPSA) is 27.7 Å². The highest BCUT2D eigenvalue weighted by Crippen LogP contribution is 2.56. The van der Waals surface area contributed by atoms with Crippen molar-refractivity contribution in [3.8, 4) is 11.5 Å². The molecule has 0 aliphatic rings. The number of rotatable bonds is 18. The lowest BCUT2D eigenvalue weighted by atomic mass is 10.1. The largest absolute Gasteiger partial charge is 0.485 e. The van der Waals surface area contributed by atoms with Crippen LogP contribution in [0.1, 0.15) is 36.0 Å². The van der Waals surface area contributed by atoms with Crippen LogP contribution in [0.3, 0.4) is 0 Å². The van der Waals surface area contributed by atoms with Crippen molar-refractivity contribution in [3.63, 3.8) is 0 Å². The maximum Gasteiger partial charge on any atom is 0.161 e. The first-order valence-corrected chi connectivity index (χ1v) is 19.4. The summed E-state index contributed by atoms with van der Waals surface area (Å²) in [5, 5.41) is 4.35. The standard InChI is InChI=1S/C45H46O3P/c1-7-19-39(20-8-1)36-47-44-30-29-38(35-45(44)48-37-40-21-9-2-10-22-40)31-33-46-32-17-6-18-34-49(41-23-11-3-12-24-41,42-25-13-4-14-26-42)43-27-15-5-16-28-43/h1-5,7-16,19-30,35H,6,17-18,31-34,36-37H2/q+1. The van der Waals surface area contributed by atoms with Crippen LogP contribution in [0, 0.1) is 0 Å². The third-order valence-electron chi connectivity index (χ3n) is 8.89. The molecule has 0 aromatic heterocycles. The fourth-order valence-electron chi connectivity index (χ4n) is 6.31. The summed E-state index contributed by atoms with van der Waals surface area (Å²) in [6.07, 6.45) is 5.32. The minimum atomic E-state index is -1.77. The van der Waals surface area contributed by atoms with Gasteiger partial charge < -0.3 is 14.2 Å². The van der Waals surface area contributed by atoms with Crippen molar-refractivity contribution in [2.45, 2.75) is 38.9 Å². The molecular weight excluding hydrogens is 619 g/mol. The van der Waals surface area contributed by atoms with Crippen molar-refractivity contribution < 1.29 is 14.2 Å². The summed E-state index contributed by atoms with van der Waals surface area (Å²) < 4.78 is 18.7. The third-order valence-corrected chi connectivity index (χ3v) is 13.4. The molecule has 0 aliphatic carbocycles. The van der Waals surface area contributed by atoms with Gasteiger partial charge in [-0.25, -0.2) is 0 Å². The molecule has 0 aliphatic heterocycles. The lowest BCUT2D eigenvalue weighted by molar-refractivity contribution is 0.133. The van der Waals surface area contributed by atoms with Gasteiger partial charge >= 0.3 is 0 Å². The van der Waals surface area contributed by atoms with E-state index in [1.54, 1.807) is 0 Å². The van der Waals surface area contributed by atoms with E-state index in [9.17, 15) is 0 Å². The van der Waals surface area contributed by atoms with E-state index < -0.39 is 7.26 Å². The molecule has 6 aromatic rings. The average molecular weight is 666 g/mol. The summed E-state index contributed by atoms with van der Waals surface area (Å²) >= 11 is 0. The van der Waals surface area contributed by atoms with E-state index in [1.165, 1.54) is 21.5 Å². The summed E-state index contributed by atoms with van der Waals surface area (Å²) in [4.78, 5) is 0. The molecule has 4 heteroatoms. The van der Waals surface area contributed by atoms with Crippen LogP contribution in [0.5, 0.6) is 11.5 Å². The molecule has 0 N–H and O–H groups in total. The minimum Gasteiger partial charge on any atom is -0.485 e. The number of unbranched alkanes of at least 4 members (excludes halogenated alkanes) is 2. The van der Waals surface area contributed by atoms with Crippen molar-refractivity contribution in [1.29, 1.82) is 0 Å². The first kappa shape index (κ1) is 34.2. The summed E-state index contributed by atoms with van der Waals surface area (Å²) in [7, 11) is -1.77. The number of ether oxygens (including phenoxy) is 3. The van der Waals surface area contributed by atoms with Gasteiger partial charge in [0, 0.05) is 6.61 Å². The second-order valence-corrected chi connectivity index (χ2v) is 15.9. The van der Waals surface area contributed by atoms with Gasteiger partial charge in [0.1, 0.15) is 36.4 Å². The maximum atomic E-state index is 6.28. The van der Waals surface area contributed by atoms with Crippen molar-refractivity contribution >= 4 is 23.2 Å². The van der Waals surface area contributed by atoms with Gasteiger partial charge in [0.05, 0.1) is 12.8 Å². The summed E-state index contributed by atoms with van der Waals surface area (Å²) in [5.74, 6) is 1.52. The van der Waals surface area contributed by atoms with Crippen LogP contribution in [0.15, 0.2) is 170 Å². The Balaban J connectivity index is 1.03. The lowest BCUT2D eigenvalue weighted by Crippen LogP contribution is -2.33. The third kappa shape index (κ3) is 9.48. The molecule has 3 nitrogen and oxygen atoms in total. The van der Waals surface area contributed by atoms with E-state index in [0.29, 0.717) is 19.8 Å². The van der Waals surface area contributed by atoms with Crippen LogP contribution < -0.4 is 25.4 Å². The van der Waals surface area contributed by atoms with Gasteiger partial charge in [-0.15, -0.1) is 0 Å². The molecule has 0 bridgehead atoms. The van der Waals surface area contributed by atoms with Crippen LogP contribution in [-0.4, -0.2) is 19.4 Å². The zero-order valence-corrected chi connectivity index (χ0v) is 29.1. The highest BCUT2D eigenvalue weighted by atomic mass is 31.2. The fourth-order valence-corrected chi connectivity index (χ4v) is 10.7. The number of hydrogen-bond acceptors (Lipinski definition) is 3. The first-order chi connectivity index (χ1) is 24.3. The van der Waals surface area contributed by atoms with Crippen molar-refractivity contribution in [2.24, 2.45) is 0 Å². The van der Waals surface area contributed by atoms with Crippen LogP contribution in [0.2, 0.25) is 0 Å². The Morgan fingerprint density at radius 2 is 0.857 bits per heavy atom. The molecule has 0 unspecified atom stereocenters. The molecule has 0 amide bonds. The molecule has 0 saturated heterocycles. The quantitative estimate of drug-likeness (QED) is 0.0676. The van der Waals surface area contributed by atoms with Gasteiger partial charge in [0.25, 0.3) is 0 Å². The van der Waals surface area contributed by atoms with Crippen molar-refractivity contribution in [3.05, 3.63) is 187 Å². The highest BCUT2D eigenvalue weighted by molar-refractivity contribution is 7.95. The molecule has 248 valence electrons. The minimum absolute atomic E-state index is 0.491. The monoisotopic (exact) mass is 665 g/mol. The SMILES string of the molecule is c1ccc(COc2ccc(CCOCCCCC[P+](c3ccccc3)(c3ccccc3)c3ccccc3)cc2OCc2ccccc2)cc1. The lowest BCUT2D eigenvalue weighted by Gasteiger charge is -2.27. The fraction of sp³-hybridized carbons (Fsp3) is 0.200. The van der Waals surface area contributed by atoms with Crippen LogP contribution in [0.25, 0.3) is 0 Å². The zero-order valence-electron chi connectivity index (χ0n) is 28.2.